The number of aryl methyl sites for hydroxylation is 1. The van der Waals surface area contributed by atoms with Gasteiger partial charge in [0.25, 0.3) is 0 Å². The Morgan fingerprint density at radius 1 is 1.26 bits per heavy atom. The number of hydrogen-bond donors (Lipinski definition) is 0. The quantitative estimate of drug-likeness (QED) is 0.460. The first-order chi connectivity index (χ1) is 8.78. The molecule has 0 N–H and O–H groups in total. The van der Waals surface area contributed by atoms with Gasteiger partial charge >= 0.3 is 3.92 Å². The van der Waals surface area contributed by atoms with Gasteiger partial charge in [0.15, 0.2) is 12.5 Å². The highest BCUT2D eigenvalue weighted by Crippen LogP contribution is 2.40. The molecule has 0 saturated carbocycles. The summed E-state index contributed by atoms with van der Waals surface area (Å²) in [5.74, 6) is 0. The largest absolute Gasteiger partial charge is 0.325 e. The van der Waals surface area contributed by atoms with E-state index in [2.05, 4.69) is 12.5 Å². The Morgan fingerprint density at radius 2 is 1.74 bits per heavy atom. The number of anilines is 1. The molecule has 0 aliphatic heterocycles. The van der Waals surface area contributed by atoms with Crippen LogP contribution >= 0.6 is 35.1 Å². The predicted octanol–water partition coefficient (Wildman–Crippen LogP) is 3.58. The molecule has 19 heavy (non-hydrogen) atoms. The molecule has 0 spiro atoms. The Labute approximate surface area is 131 Å². The van der Waals surface area contributed by atoms with Crippen LogP contribution in [0.4, 0.5) is 10.1 Å². The van der Waals surface area contributed by atoms with E-state index in [1.165, 1.54) is 9.53 Å². The molecule has 4 nitrogen and oxygen atoms in total. The zero-order valence-electron chi connectivity index (χ0n) is 10.5. The minimum atomic E-state index is -2.46. The van der Waals surface area contributed by atoms with Crippen LogP contribution in [0, 0.1) is 6.92 Å². The van der Waals surface area contributed by atoms with Crippen LogP contribution in [0.3, 0.4) is 0 Å². The highest BCUT2D eigenvalue weighted by molar-refractivity contribution is 8.04. The van der Waals surface area contributed by atoms with E-state index in [1.807, 2.05) is 19.1 Å². The van der Waals surface area contributed by atoms with E-state index in [9.17, 15) is 4.39 Å². The number of halogens is 3. The Bertz CT molecular complexity index is 377. The number of hydroxylamine groups is 2. The first-order valence-electron chi connectivity index (χ1n) is 4.92. The summed E-state index contributed by atoms with van der Waals surface area (Å²) in [5, 5.41) is 1.41. The average Bonchev–Trinajstić information content (AvgIpc) is 2.29. The topological polar surface area (TPSA) is 32.8 Å². The Hall–Kier alpha value is -0.180. The smallest absolute Gasteiger partial charge is 0.197 e. The predicted molar refractivity (Wildman–Crippen MR) is 79.7 cm³/mol. The highest BCUT2D eigenvalue weighted by atomic mass is 35.5. The van der Waals surface area contributed by atoms with Crippen molar-refractivity contribution in [2.45, 2.75) is 10.8 Å². The van der Waals surface area contributed by atoms with E-state index in [0.717, 1.165) is 5.56 Å². The maximum Gasteiger partial charge on any atom is 0.325 e. The molecule has 0 heterocycles. The van der Waals surface area contributed by atoms with Crippen molar-refractivity contribution in [3.05, 3.63) is 29.8 Å². The molecule has 0 fully saturated rings. The molecular weight excluding hydrogens is 334 g/mol. The van der Waals surface area contributed by atoms with Gasteiger partial charge in [0.1, 0.15) is 0 Å². The molecule has 9 heteroatoms. The number of benzene rings is 1. The van der Waals surface area contributed by atoms with Crippen LogP contribution < -0.4 is 4.47 Å². The minimum absolute atomic E-state index is 0.523. The van der Waals surface area contributed by atoms with Gasteiger partial charge in [-0.1, -0.05) is 40.9 Å². The van der Waals surface area contributed by atoms with Crippen molar-refractivity contribution in [2.24, 2.45) is 0 Å². The van der Waals surface area contributed by atoms with Crippen molar-refractivity contribution in [1.82, 2.24) is 5.06 Å². The van der Waals surface area contributed by atoms with E-state index in [0.29, 0.717) is 17.6 Å². The molecule has 108 valence electrons. The van der Waals surface area contributed by atoms with Crippen molar-refractivity contribution in [1.29, 1.82) is 0 Å². The molecule has 1 aromatic carbocycles. The van der Waals surface area contributed by atoms with Crippen molar-refractivity contribution >= 4 is 53.4 Å². The molecule has 0 saturated heterocycles. The van der Waals surface area contributed by atoms with Crippen molar-refractivity contribution in [3.63, 3.8) is 0 Å². The number of nitrogens with zero attached hydrogens (tertiary/aromatic N) is 2. The number of alkyl halides is 3. The van der Waals surface area contributed by atoms with Gasteiger partial charge in [-0.05, 0) is 19.1 Å². The van der Waals surface area contributed by atoms with Gasteiger partial charge in [-0.3, -0.25) is 0 Å². The summed E-state index contributed by atoms with van der Waals surface area (Å²) in [6, 6.07) is 7.32. The fourth-order valence-corrected chi connectivity index (χ4v) is 1.98. The van der Waals surface area contributed by atoms with Crippen LogP contribution in [0.1, 0.15) is 5.56 Å². The Morgan fingerprint density at radius 3 is 2.11 bits per heavy atom. The maximum atomic E-state index is 13.2. The van der Waals surface area contributed by atoms with Gasteiger partial charge in [0, 0.05) is 14.1 Å². The maximum absolute atomic E-state index is 13.2. The van der Waals surface area contributed by atoms with E-state index >= 15 is 0 Å². The van der Waals surface area contributed by atoms with Gasteiger partial charge < -0.3 is 0 Å². The third-order valence-corrected chi connectivity index (χ3v) is 2.73. The highest BCUT2D eigenvalue weighted by Gasteiger charge is 2.29. The molecule has 0 atom stereocenters. The van der Waals surface area contributed by atoms with E-state index in [1.54, 1.807) is 26.2 Å². The molecule has 1 aromatic rings. The average molecular weight is 347 g/mol. The second-order valence-electron chi connectivity index (χ2n) is 3.52. The SMILES string of the molecule is Cc1ccc(N(ON(C)C)SC(F)(Cl)Cl)cc1.O=S. The Kier molecular flexibility index (Phi) is 8.80. The lowest BCUT2D eigenvalue weighted by atomic mass is 10.2. The third kappa shape index (κ3) is 8.56. The zero-order chi connectivity index (χ0) is 15.1. The molecule has 0 aliphatic rings. The monoisotopic (exact) mass is 346 g/mol. The molecule has 1 rings (SSSR count). The molecule has 0 bridgehead atoms. The fourth-order valence-electron chi connectivity index (χ4n) is 1.03. The second-order valence-corrected chi connectivity index (χ2v) is 6.28. The lowest BCUT2D eigenvalue weighted by Crippen LogP contribution is -2.27. The van der Waals surface area contributed by atoms with Crippen LogP contribution in [0.15, 0.2) is 24.3 Å². The number of rotatable bonds is 5. The summed E-state index contributed by atoms with van der Waals surface area (Å²) >= 11 is 14.0. The van der Waals surface area contributed by atoms with Gasteiger partial charge in [-0.25, -0.2) is 0 Å². The summed E-state index contributed by atoms with van der Waals surface area (Å²) < 4.78 is 19.8. The normalized spacial score (nSPS) is 10.9. The molecule has 0 aromatic heterocycles. The molecule has 0 unspecified atom stereocenters. The summed E-state index contributed by atoms with van der Waals surface area (Å²) in [6.45, 7) is 1.95. The Balaban J connectivity index is 0.00000154. The summed E-state index contributed by atoms with van der Waals surface area (Å²) in [4.78, 5) is 5.27. The van der Waals surface area contributed by atoms with Gasteiger partial charge in [-0.15, -0.1) is 0 Å². The van der Waals surface area contributed by atoms with Crippen molar-refractivity contribution < 1.29 is 13.5 Å². The zero-order valence-corrected chi connectivity index (χ0v) is 13.6. The van der Waals surface area contributed by atoms with E-state index < -0.39 is 3.92 Å². The fraction of sp³-hybridized carbons (Fsp3) is 0.400. The van der Waals surface area contributed by atoms with Crippen LogP contribution in [0.5, 0.6) is 0 Å². The van der Waals surface area contributed by atoms with E-state index in [-0.39, 0.29) is 0 Å². The molecule has 0 aliphatic carbocycles. The van der Waals surface area contributed by atoms with Gasteiger partial charge in [0.2, 0.25) is 0 Å². The minimum Gasteiger partial charge on any atom is -0.197 e. The first kappa shape index (κ1) is 18.8. The lowest BCUT2D eigenvalue weighted by Gasteiger charge is -2.26. The van der Waals surface area contributed by atoms with Gasteiger partial charge in [0.05, 0.1) is 17.6 Å². The van der Waals surface area contributed by atoms with E-state index in [4.69, 9.17) is 32.3 Å². The standard InChI is InChI=1S/C10H13Cl2FN2OS.OS/c1-8-4-6-9(7-5-8)15(16-14(2)3)17-10(11,12)13;1-2/h4-7H,1-3H3;. The third-order valence-electron chi connectivity index (χ3n) is 1.67. The van der Waals surface area contributed by atoms with Crippen LogP contribution in [0.25, 0.3) is 0 Å². The van der Waals surface area contributed by atoms with Gasteiger partial charge in [-0.2, -0.15) is 23.1 Å². The first-order valence-corrected chi connectivity index (χ1v) is 6.79. The van der Waals surface area contributed by atoms with Crippen molar-refractivity contribution in [3.8, 4) is 0 Å². The second kappa shape index (κ2) is 8.89. The van der Waals surface area contributed by atoms with Crippen LogP contribution in [0.2, 0.25) is 0 Å². The lowest BCUT2D eigenvalue weighted by molar-refractivity contribution is -0.110. The van der Waals surface area contributed by atoms with Crippen LogP contribution in [-0.2, 0) is 17.5 Å². The summed E-state index contributed by atoms with van der Waals surface area (Å²) in [7, 11) is 3.34. The summed E-state index contributed by atoms with van der Waals surface area (Å²) in [6.07, 6.45) is 0. The van der Waals surface area contributed by atoms with Crippen LogP contribution in [-0.4, -0.2) is 27.3 Å². The van der Waals surface area contributed by atoms with Crippen molar-refractivity contribution in [2.75, 3.05) is 18.6 Å². The molecular formula is C10H13Cl2FN2O2S2. The summed E-state index contributed by atoms with van der Waals surface area (Å²) in [5.41, 5.74) is 1.73. The number of hydrogen-bond acceptors (Lipinski definition) is 6. The molecule has 0 amide bonds. The molecule has 0 radical (unpaired) electrons.